The Morgan fingerprint density at radius 1 is 1.37 bits per heavy atom. The van der Waals surface area contributed by atoms with E-state index in [9.17, 15) is 13.6 Å². The molecule has 0 aliphatic heterocycles. The summed E-state index contributed by atoms with van der Waals surface area (Å²) in [7, 11) is 0. The van der Waals surface area contributed by atoms with E-state index in [2.05, 4.69) is 5.32 Å². The van der Waals surface area contributed by atoms with Crippen molar-refractivity contribution in [1.82, 2.24) is 5.32 Å². The predicted octanol–water partition coefficient (Wildman–Crippen LogP) is 2.94. The lowest BCUT2D eigenvalue weighted by atomic mass is 10.2. The van der Waals surface area contributed by atoms with Gasteiger partial charge in [0.05, 0.1) is 10.1 Å². The first kappa shape index (κ1) is 15.8. The Hall–Kier alpha value is -1.30. The molecule has 0 aromatic heterocycles. The smallest absolute Gasteiger partial charge is 0.233 e. The molecule has 1 aromatic rings. The lowest BCUT2D eigenvalue weighted by Gasteiger charge is -2.16. The lowest BCUT2D eigenvalue weighted by Crippen LogP contribution is -2.37. The Balaban J connectivity index is 2.77. The van der Waals surface area contributed by atoms with E-state index in [1.807, 2.05) is 13.8 Å². The number of amides is 1. The highest BCUT2D eigenvalue weighted by atomic mass is 32.2. The molecule has 0 aliphatic carbocycles. The van der Waals surface area contributed by atoms with Crippen LogP contribution >= 0.6 is 11.8 Å². The maximum absolute atomic E-state index is 13.6. The van der Waals surface area contributed by atoms with Crippen molar-refractivity contribution in [1.29, 1.82) is 0 Å². The molecule has 3 N–H and O–H groups in total. The van der Waals surface area contributed by atoms with Crippen molar-refractivity contribution in [3.05, 3.63) is 23.8 Å². The number of rotatable bonds is 5. The topological polar surface area (TPSA) is 55.1 Å². The van der Waals surface area contributed by atoms with Crippen LogP contribution in [0.2, 0.25) is 0 Å². The third-order valence-corrected chi connectivity index (χ3v) is 3.88. The van der Waals surface area contributed by atoms with Gasteiger partial charge in [0, 0.05) is 11.7 Å². The van der Waals surface area contributed by atoms with Crippen molar-refractivity contribution in [3.8, 4) is 0 Å². The van der Waals surface area contributed by atoms with E-state index < -0.39 is 16.9 Å². The zero-order chi connectivity index (χ0) is 14.6. The minimum Gasteiger partial charge on any atom is -0.399 e. The van der Waals surface area contributed by atoms with Gasteiger partial charge in [-0.05, 0) is 32.4 Å². The zero-order valence-electron chi connectivity index (χ0n) is 11.2. The molecule has 0 radical (unpaired) electrons. The van der Waals surface area contributed by atoms with Crippen LogP contribution in [0, 0.1) is 11.6 Å². The standard InChI is InChI=1S/C13H18F2N2OS/c1-4-7(2)17-13(18)8(3)19-12-10(14)5-9(16)6-11(12)15/h5-8H,4,16H2,1-3H3,(H,17,18). The van der Waals surface area contributed by atoms with Crippen molar-refractivity contribution < 1.29 is 13.6 Å². The minimum atomic E-state index is -0.745. The molecule has 1 aromatic carbocycles. The molecule has 19 heavy (non-hydrogen) atoms. The van der Waals surface area contributed by atoms with Crippen LogP contribution in [0.25, 0.3) is 0 Å². The largest absolute Gasteiger partial charge is 0.399 e. The van der Waals surface area contributed by atoms with Crippen LogP contribution in [-0.2, 0) is 4.79 Å². The first-order valence-corrected chi connectivity index (χ1v) is 6.94. The zero-order valence-corrected chi connectivity index (χ0v) is 12.0. The summed E-state index contributed by atoms with van der Waals surface area (Å²) >= 11 is 0.848. The lowest BCUT2D eigenvalue weighted by molar-refractivity contribution is -0.120. The molecule has 0 saturated carbocycles. The monoisotopic (exact) mass is 288 g/mol. The predicted molar refractivity (Wildman–Crippen MR) is 74.0 cm³/mol. The van der Waals surface area contributed by atoms with Gasteiger partial charge in [0.25, 0.3) is 0 Å². The van der Waals surface area contributed by atoms with Gasteiger partial charge in [-0.3, -0.25) is 4.79 Å². The second kappa shape index (κ2) is 6.75. The molecule has 0 saturated heterocycles. The molecular weight excluding hydrogens is 270 g/mol. The van der Waals surface area contributed by atoms with Crippen molar-refractivity contribution >= 4 is 23.4 Å². The van der Waals surface area contributed by atoms with Crippen LogP contribution in [0.4, 0.5) is 14.5 Å². The molecule has 0 aliphatic rings. The summed E-state index contributed by atoms with van der Waals surface area (Å²) in [6.07, 6.45) is 0.799. The first-order valence-electron chi connectivity index (χ1n) is 6.06. The van der Waals surface area contributed by atoms with Crippen LogP contribution in [0.3, 0.4) is 0 Å². The van der Waals surface area contributed by atoms with Gasteiger partial charge in [0.15, 0.2) is 0 Å². The summed E-state index contributed by atoms with van der Waals surface area (Å²) in [5, 5.41) is 2.19. The Labute approximate surface area is 115 Å². The highest BCUT2D eigenvalue weighted by molar-refractivity contribution is 8.00. The summed E-state index contributed by atoms with van der Waals surface area (Å²) < 4.78 is 27.2. The second-order valence-electron chi connectivity index (χ2n) is 4.39. The molecule has 2 atom stereocenters. The molecule has 0 bridgehead atoms. The van der Waals surface area contributed by atoms with Crippen LogP contribution < -0.4 is 11.1 Å². The Bertz CT molecular complexity index is 445. The van der Waals surface area contributed by atoms with Crippen molar-refractivity contribution in [2.75, 3.05) is 5.73 Å². The van der Waals surface area contributed by atoms with E-state index in [0.29, 0.717) is 0 Å². The van der Waals surface area contributed by atoms with Gasteiger partial charge in [-0.1, -0.05) is 6.92 Å². The van der Waals surface area contributed by atoms with Crippen LogP contribution in [0.1, 0.15) is 27.2 Å². The summed E-state index contributed by atoms with van der Waals surface area (Å²) in [5.41, 5.74) is 5.36. The quantitative estimate of drug-likeness (QED) is 0.647. The van der Waals surface area contributed by atoms with Crippen molar-refractivity contribution in [2.45, 2.75) is 43.4 Å². The molecular formula is C13H18F2N2OS. The molecule has 106 valence electrons. The maximum atomic E-state index is 13.6. The van der Waals surface area contributed by atoms with Gasteiger partial charge in [0.1, 0.15) is 11.6 Å². The average molecular weight is 288 g/mol. The molecule has 0 spiro atoms. The van der Waals surface area contributed by atoms with Crippen molar-refractivity contribution in [2.24, 2.45) is 0 Å². The SMILES string of the molecule is CCC(C)NC(=O)C(C)Sc1c(F)cc(N)cc1F. The van der Waals surface area contributed by atoms with E-state index in [4.69, 9.17) is 5.73 Å². The fourth-order valence-electron chi connectivity index (χ4n) is 1.38. The van der Waals surface area contributed by atoms with Crippen molar-refractivity contribution in [3.63, 3.8) is 0 Å². The third-order valence-electron chi connectivity index (χ3n) is 2.69. The highest BCUT2D eigenvalue weighted by Gasteiger charge is 2.20. The van der Waals surface area contributed by atoms with E-state index >= 15 is 0 Å². The van der Waals surface area contributed by atoms with E-state index in [1.165, 1.54) is 0 Å². The summed E-state index contributed by atoms with van der Waals surface area (Å²) in [5.74, 6) is -1.73. The molecule has 1 rings (SSSR count). The molecule has 0 fully saturated rings. The van der Waals surface area contributed by atoms with Gasteiger partial charge < -0.3 is 11.1 Å². The fourth-order valence-corrected chi connectivity index (χ4v) is 2.26. The molecule has 2 unspecified atom stereocenters. The van der Waals surface area contributed by atoms with Gasteiger partial charge in [0.2, 0.25) is 5.91 Å². The fraction of sp³-hybridized carbons (Fsp3) is 0.462. The van der Waals surface area contributed by atoms with Crippen LogP contribution in [-0.4, -0.2) is 17.2 Å². The number of benzene rings is 1. The van der Waals surface area contributed by atoms with Gasteiger partial charge >= 0.3 is 0 Å². The molecule has 0 heterocycles. The Morgan fingerprint density at radius 2 is 1.89 bits per heavy atom. The Morgan fingerprint density at radius 3 is 2.37 bits per heavy atom. The van der Waals surface area contributed by atoms with Gasteiger partial charge in [-0.15, -0.1) is 11.8 Å². The minimum absolute atomic E-state index is 0.0241. The first-order chi connectivity index (χ1) is 8.85. The Kier molecular flexibility index (Phi) is 5.60. The number of nitrogen functional groups attached to an aromatic ring is 1. The van der Waals surface area contributed by atoms with E-state index in [-0.39, 0.29) is 22.5 Å². The number of hydrogen-bond donors (Lipinski definition) is 2. The van der Waals surface area contributed by atoms with E-state index in [1.54, 1.807) is 6.92 Å². The summed E-state index contributed by atoms with van der Waals surface area (Å²) in [6.45, 7) is 5.43. The normalized spacial score (nSPS) is 13.9. The number of carbonyl (C=O) groups excluding carboxylic acids is 1. The number of halogens is 2. The molecule has 3 nitrogen and oxygen atoms in total. The summed E-state index contributed by atoms with van der Waals surface area (Å²) in [6, 6.07) is 2.13. The van der Waals surface area contributed by atoms with E-state index in [0.717, 1.165) is 30.3 Å². The third kappa shape index (κ3) is 4.38. The van der Waals surface area contributed by atoms with Gasteiger partial charge in [-0.2, -0.15) is 0 Å². The van der Waals surface area contributed by atoms with Crippen LogP contribution in [0.15, 0.2) is 17.0 Å². The molecule has 6 heteroatoms. The number of hydrogen-bond acceptors (Lipinski definition) is 3. The highest BCUT2D eigenvalue weighted by Crippen LogP contribution is 2.30. The summed E-state index contributed by atoms with van der Waals surface area (Å²) in [4.78, 5) is 11.6. The molecule has 1 amide bonds. The second-order valence-corrected chi connectivity index (χ2v) is 5.74. The number of nitrogens with one attached hydrogen (secondary N) is 1. The average Bonchev–Trinajstić information content (AvgIpc) is 2.32. The number of nitrogens with two attached hydrogens (primary N) is 1. The number of anilines is 1. The maximum Gasteiger partial charge on any atom is 0.233 e. The number of thioether (sulfide) groups is 1. The number of carbonyl (C=O) groups is 1. The van der Waals surface area contributed by atoms with Crippen LogP contribution in [0.5, 0.6) is 0 Å². The van der Waals surface area contributed by atoms with Gasteiger partial charge in [-0.25, -0.2) is 8.78 Å².